The number of thiazole rings is 1. The van der Waals surface area contributed by atoms with E-state index in [1.165, 1.54) is 16.0 Å². The van der Waals surface area contributed by atoms with E-state index in [1.54, 1.807) is 38.5 Å². The number of benzene rings is 2. The van der Waals surface area contributed by atoms with Crippen LogP contribution < -0.4 is 15.0 Å². The second-order valence-electron chi connectivity index (χ2n) is 7.18. The van der Waals surface area contributed by atoms with Crippen LogP contribution in [0.15, 0.2) is 52.6 Å². The molecule has 0 atom stereocenters. The first-order chi connectivity index (χ1) is 16.1. The summed E-state index contributed by atoms with van der Waals surface area (Å²) in [5, 5.41) is 7.73. The number of hydrogen-bond acceptors (Lipinski definition) is 8. The minimum Gasteiger partial charge on any atom is -0.493 e. The molecule has 2 heterocycles. The SMILES string of the molecule is CCCn1nc(C(=O)OCc2csc(-c3cccc(OC)c3OC)n2)c2ccccc2c1=O. The van der Waals surface area contributed by atoms with Crippen molar-refractivity contribution >= 4 is 28.1 Å². The Balaban J connectivity index is 1.58. The highest BCUT2D eigenvalue weighted by Crippen LogP contribution is 2.39. The summed E-state index contributed by atoms with van der Waals surface area (Å²) >= 11 is 1.41. The van der Waals surface area contributed by atoms with Crippen LogP contribution in [0.3, 0.4) is 0 Å². The molecule has 0 unspecified atom stereocenters. The predicted octanol–water partition coefficient (Wildman–Crippen LogP) is 4.30. The van der Waals surface area contributed by atoms with Gasteiger partial charge in [0.2, 0.25) is 0 Å². The van der Waals surface area contributed by atoms with Gasteiger partial charge in [0.1, 0.15) is 11.6 Å². The van der Waals surface area contributed by atoms with E-state index in [1.807, 2.05) is 30.5 Å². The van der Waals surface area contributed by atoms with E-state index in [9.17, 15) is 9.59 Å². The third-order valence-electron chi connectivity index (χ3n) is 5.03. The maximum Gasteiger partial charge on any atom is 0.359 e. The number of carbonyl (C=O) groups is 1. The molecule has 0 saturated heterocycles. The van der Waals surface area contributed by atoms with Crippen LogP contribution in [0.2, 0.25) is 0 Å². The maximum absolute atomic E-state index is 12.9. The van der Waals surface area contributed by atoms with Gasteiger partial charge in [-0.15, -0.1) is 11.3 Å². The average molecular weight is 466 g/mol. The van der Waals surface area contributed by atoms with Gasteiger partial charge in [0.05, 0.1) is 30.9 Å². The third-order valence-corrected chi connectivity index (χ3v) is 5.96. The van der Waals surface area contributed by atoms with E-state index in [4.69, 9.17) is 14.2 Å². The molecule has 170 valence electrons. The van der Waals surface area contributed by atoms with E-state index < -0.39 is 5.97 Å². The Labute approximate surface area is 194 Å². The molecule has 2 aromatic carbocycles. The van der Waals surface area contributed by atoms with Crippen molar-refractivity contribution in [3.05, 3.63) is 69.6 Å². The molecule has 33 heavy (non-hydrogen) atoms. The summed E-state index contributed by atoms with van der Waals surface area (Å²) in [6.07, 6.45) is 0.717. The molecule has 0 aliphatic carbocycles. The van der Waals surface area contributed by atoms with E-state index in [0.29, 0.717) is 34.5 Å². The van der Waals surface area contributed by atoms with Crippen LogP contribution in [0.25, 0.3) is 21.3 Å². The van der Waals surface area contributed by atoms with Gasteiger partial charge in [-0.2, -0.15) is 5.10 Å². The minimum absolute atomic E-state index is 0.0233. The van der Waals surface area contributed by atoms with Crippen molar-refractivity contribution in [2.24, 2.45) is 0 Å². The Morgan fingerprint density at radius 2 is 1.85 bits per heavy atom. The number of aryl methyl sites for hydroxylation is 1. The summed E-state index contributed by atoms with van der Waals surface area (Å²) in [4.78, 5) is 30.1. The zero-order valence-corrected chi connectivity index (χ0v) is 19.3. The third kappa shape index (κ3) is 4.45. The number of hydrogen-bond donors (Lipinski definition) is 0. The fourth-order valence-corrected chi connectivity index (χ4v) is 4.34. The molecule has 9 heteroatoms. The van der Waals surface area contributed by atoms with Crippen molar-refractivity contribution < 1.29 is 19.0 Å². The number of esters is 1. The Kier molecular flexibility index (Phi) is 6.69. The summed E-state index contributed by atoms with van der Waals surface area (Å²) in [7, 11) is 3.16. The molecule has 2 aromatic heterocycles. The number of para-hydroxylation sites is 1. The number of nitrogens with zero attached hydrogens (tertiary/aromatic N) is 3. The summed E-state index contributed by atoms with van der Waals surface area (Å²) in [5.41, 5.74) is 1.28. The zero-order valence-electron chi connectivity index (χ0n) is 18.5. The van der Waals surface area contributed by atoms with Crippen LogP contribution in [-0.4, -0.2) is 35.0 Å². The first kappa shape index (κ1) is 22.5. The predicted molar refractivity (Wildman–Crippen MR) is 126 cm³/mol. The molecule has 0 saturated carbocycles. The van der Waals surface area contributed by atoms with Gasteiger partial charge in [-0.3, -0.25) is 4.79 Å². The van der Waals surface area contributed by atoms with Crippen molar-refractivity contribution in [1.82, 2.24) is 14.8 Å². The van der Waals surface area contributed by atoms with Crippen molar-refractivity contribution in [1.29, 1.82) is 0 Å². The van der Waals surface area contributed by atoms with Crippen LogP contribution in [0.1, 0.15) is 29.5 Å². The lowest BCUT2D eigenvalue weighted by atomic mass is 10.1. The summed E-state index contributed by atoms with van der Waals surface area (Å²) in [5.74, 6) is 0.592. The molecule has 0 aliphatic heterocycles. The zero-order chi connectivity index (χ0) is 23.4. The summed E-state index contributed by atoms with van der Waals surface area (Å²) < 4.78 is 17.7. The van der Waals surface area contributed by atoms with Gasteiger partial charge >= 0.3 is 5.97 Å². The number of ether oxygens (including phenoxy) is 3. The van der Waals surface area contributed by atoms with Gasteiger partial charge in [0.15, 0.2) is 17.2 Å². The fourth-order valence-electron chi connectivity index (χ4n) is 3.51. The quantitative estimate of drug-likeness (QED) is 0.358. The van der Waals surface area contributed by atoms with Crippen molar-refractivity contribution in [3.8, 4) is 22.1 Å². The number of carbonyl (C=O) groups excluding carboxylic acids is 1. The number of fused-ring (bicyclic) bond motifs is 1. The summed E-state index contributed by atoms with van der Waals surface area (Å²) in [6, 6.07) is 12.5. The van der Waals surface area contributed by atoms with Gasteiger partial charge in [0.25, 0.3) is 5.56 Å². The Morgan fingerprint density at radius 3 is 2.58 bits per heavy atom. The molecule has 0 aliphatic rings. The molecule has 8 nitrogen and oxygen atoms in total. The highest BCUT2D eigenvalue weighted by molar-refractivity contribution is 7.13. The molecule has 0 fully saturated rings. The Morgan fingerprint density at radius 1 is 1.06 bits per heavy atom. The number of rotatable bonds is 8. The van der Waals surface area contributed by atoms with Crippen LogP contribution in [0.4, 0.5) is 0 Å². The minimum atomic E-state index is -0.607. The molecular weight excluding hydrogens is 442 g/mol. The largest absolute Gasteiger partial charge is 0.493 e. The van der Waals surface area contributed by atoms with E-state index in [2.05, 4.69) is 10.1 Å². The van der Waals surface area contributed by atoms with Crippen LogP contribution in [-0.2, 0) is 17.9 Å². The standard InChI is InChI=1S/C24H23N3O5S/c1-4-12-27-23(28)17-9-6-5-8-16(17)20(26-27)24(29)32-13-15-14-33-22(25-15)18-10-7-11-19(30-2)21(18)31-3/h5-11,14H,4,12-13H2,1-3H3. The van der Waals surface area contributed by atoms with Gasteiger partial charge in [0, 0.05) is 17.3 Å². The van der Waals surface area contributed by atoms with E-state index >= 15 is 0 Å². The topological polar surface area (TPSA) is 92.5 Å². The second kappa shape index (κ2) is 9.83. The number of methoxy groups -OCH3 is 2. The molecule has 0 radical (unpaired) electrons. The van der Waals surface area contributed by atoms with Crippen molar-refractivity contribution in [3.63, 3.8) is 0 Å². The average Bonchev–Trinajstić information content (AvgIpc) is 3.32. The molecule has 0 bridgehead atoms. The first-order valence-corrected chi connectivity index (χ1v) is 11.3. The van der Waals surface area contributed by atoms with Crippen molar-refractivity contribution in [2.45, 2.75) is 26.5 Å². The summed E-state index contributed by atoms with van der Waals surface area (Å²) in [6.45, 7) is 2.34. The molecule has 0 amide bonds. The van der Waals surface area contributed by atoms with Gasteiger partial charge in [-0.05, 0) is 24.6 Å². The smallest absolute Gasteiger partial charge is 0.359 e. The highest BCUT2D eigenvalue weighted by atomic mass is 32.1. The van der Waals surface area contributed by atoms with Crippen LogP contribution in [0, 0.1) is 0 Å². The first-order valence-electron chi connectivity index (χ1n) is 10.4. The molecular formula is C24H23N3O5S. The lowest BCUT2D eigenvalue weighted by molar-refractivity contribution is 0.0461. The van der Waals surface area contributed by atoms with Crippen molar-refractivity contribution in [2.75, 3.05) is 14.2 Å². The van der Waals surface area contributed by atoms with Crippen LogP contribution >= 0.6 is 11.3 Å². The van der Waals surface area contributed by atoms with Crippen LogP contribution in [0.5, 0.6) is 11.5 Å². The Bertz CT molecular complexity index is 1360. The highest BCUT2D eigenvalue weighted by Gasteiger charge is 2.19. The maximum atomic E-state index is 12.9. The molecule has 0 spiro atoms. The lowest BCUT2D eigenvalue weighted by Gasteiger charge is -2.10. The normalized spacial score (nSPS) is 10.9. The second-order valence-corrected chi connectivity index (χ2v) is 8.04. The molecule has 0 N–H and O–H groups in total. The fraction of sp³-hybridized carbons (Fsp3) is 0.250. The Hall–Kier alpha value is -3.72. The number of aromatic nitrogens is 3. The van der Waals surface area contributed by atoms with Gasteiger partial charge in [-0.25, -0.2) is 14.5 Å². The monoisotopic (exact) mass is 465 g/mol. The molecule has 4 rings (SSSR count). The van der Waals surface area contributed by atoms with E-state index in [0.717, 1.165) is 17.0 Å². The van der Waals surface area contributed by atoms with Gasteiger partial charge < -0.3 is 14.2 Å². The van der Waals surface area contributed by atoms with Gasteiger partial charge in [-0.1, -0.05) is 31.2 Å². The molecule has 4 aromatic rings. The lowest BCUT2D eigenvalue weighted by Crippen LogP contribution is -2.26. The van der Waals surface area contributed by atoms with E-state index in [-0.39, 0.29) is 17.9 Å².